The van der Waals surface area contributed by atoms with Crippen molar-refractivity contribution in [1.29, 1.82) is 5.26 Å². The molecule has 0 aromatic carbocycles. The van der Waals surface area contributed by atoms with Gasteiger partial charge in [-0.25, -0.2) is 4.98 Å². The number of thiazole rings is 1. The summed E-state index contributed by atoms with van der Waals surface area (Å²) in [6.45, 7) is 5.62. The Labute approximate surface area is 153 Å². The van der Waals surface area contributed by atoms with Crippen LogP contribution in [-0.4, -0.2) is 57.3 Å². The third-order valence-electron chi connectivity index (χ3n) is 4.26. The van der Waals surface area contributed by atoms with Gasteiger partial charge >= 0.3 is 0 Å². The Kier molecular flexibility index (Phi) is 4.42. The SMILES string of the molecule is Cc1nc2[nH]c(C(=O)Nc3[nH]ncc3C#N)c(CN3CCOCC3)c2s1. The first-order chi connectivity index (χ1) is 12.7. The highest BCUT2D eigenvalue weighted by Gasteiger charge is 2.24. The molecule has 4 heterocycles. The number of hydrogen-bond donors (Lipinski definition) is 3. The Morgan fingerprint density at radius 2 is 2.31 bits per heavy atom. The van der Waals surface area contributed by atoms with Crippen molar-refractivity contribution in [3.8, 4) is 6.07 Å². The van der Waals surface area contributed by atoms with E-state index in [4.69, 9.17) is 10.00 Å². The molecular formula is C16H17N7O2S. The lowest BCUT2D eigenvalue weighted by molar-refractivity contribution is 0.0343. The molecule has 10 heteroatoms. The van der Waals surface area contributed by atoms with Crippen molar-refractivity contribution >= 4 is 33.4 Å². The lowest BCUT2D eigenvalue weighted by atomic mass is 10.2. The predicted octanol–water partition coefficient (Wildman–Crippen LogP) is 1.61. The lowest BCUT2D eigenvalue weighted by Gasteiger charge is -2.26. The van der Waals surface area contributed by atoms with Gasteiger partial charge in [0.2, 0.25) is 0 Å². The fourth-order valence-corrected chi connectivity index (χ4v) is 3.91. The smallest absolute Gasteiger partial charge is 0.273 e. The number of ether oxygens (including phenoxy) is 1. The van der Waals surface area contributed by atoms with Gasteiger partial charge in [0.1, 0.15) is 28.8 Å². The normalized spacial score (nSPS) is 15.2. The van der Waals surface area contributed by atoms with E-state index >= 15 is 0 Å². The zero-order valence-corrected chi connectivity index (χ0v) is 14.9. The summed E-state index contributed by atoms with van der Waals surface area (Å²) in [6.07, 6.45) is 1.38. The van der Waals surface area contributed by atoms with E-state index in [0.717, 1.165) is 28.4 Å². The zero-order valence-electron chi connectivity index (χ0n) is 14.1. The van der Waals surface area contributed by atoms with Gasteiger partial charge in [-0.05, 0) is 6.92 Å². The third kappa shape index (κ3) is 3.08. The number of aryl methyl sites for hydroxylation is 1. The molecule has 3 aromatic heterocycles. The number of carbonyl (C=O) groups is 1. The van der Waals surface area contributed by atoms with Crippen LogP contribution in [0.5, 0.6) is 0 Å². The maximum absolute atomic E-state index is 12.8. The van der Waals surface area contributed by atoms with Gasteiger partial charge in [-0.15, -0.1) is 11.3 Å². The fraction of sp³-hybridized carbons (Fsp3) is 0.375. The van der Waals surface area contributed by atoms with Crippen LogP contribution in [-0.2, 0) is 11.3 Å². The largest absolute Gasteiger partial charge is 0.379 e. The van der Waals surface area contributed by atoms with Gasteiger partial charge in [0.25, 0.3) is 5.91 Å². The molecule has 1 amide bonds. The van der Waals surface area contributed by atoms with Crippen LogP contribution >= 0.6 is 11.3 Å². The Hall–Kier alpha value is -2.74. The predicted molar refractivity (Wildman–Crippen MR) is 96.1 cm³/mol. The molecule has 1 aliphatic heterocycles. The number of aromatic amines is 2. The summed E-state index contributed by atoms with van der Waals surface area (Å²) in [6, 6.07) is 1.99. The van der Waals surface area contributed by atoms with Gasteiger partial charge < -0.3 is 15.0 Å². The summed E-state index contributed by atoms with van der Waals surface area (Å²) >= 11 is 1.57. The highest BCUT2D eigenvalue weighted by atomic mass is 32.1. The quantitative estimate of drug-likeness (QED) is 0.640. The van der Waals surface area contributed by atoms with E-state index in [0.29, 0.717) is 31.1 Å². The molecule has 3 aromatic rings. The summed E-state index contributed by atoms with van der Waals surface area (Å²) in [5, 5.41) is 19.2. The van der Waals surface area contributed by atoms with Crippen molar-refractivity contribution in [3.05, 3.63) is 28.0 Å². The first kappa shape index (κ1) is 16.7. The molecule has 0 bridgehead atoms. The summed E-state index contributed by atoms with van der Waals surface area (Å²) in [7, 11) is 0. The first-order valence-corrected chi connectivity index (χ1v) is 9.00. The minimum atomic E-state index is -0.322. The number of anilines is 1. The summed E-state index contributed by atoms with van der Waals surface area (Å²) in [4.78, 5) is 22.7. The van der Waals surface area contributed by atoms with Crippen molar-refractivity contribution in [2.45, 2.75) is 13.5 Å². The number of nitrogens with one attached hydrogen (secondary N) is 3. The zero-order chi connectivity index (χ0) is 18.1. The highest BCUT2D eigenvalue weighted by Crippen LogP contribution is 2.30. The number of nitrogens with zero attached hydrogens (tertiary/aromatic N) is 4. The van der Waals surface area contributed by atoms with Crippen molar-refractivity contribution in [3.63, 3.8) is 0 Å². The Bertz CT molecular complexity index is 990. The monoisotopic (exact) mass is 371 g/mol. The van der Waals surface area contributed by atoms with Crippen LogP contribution < -0.4 is 5.32 Å². The second-order valence-corrected chi connectivity index (χ2v) is 7.21. The molecule has 26 heavy (non-hydrogen) atoms. The average Bonchev–Trinajstić information content (AvgIpc) is 3.31. The Balaban J connectivity index is 1.67. The minimum absolute atomic E-state index is 0.287. The van der Waals surface area contributed by atoms with E-state index in [-0.39, 0.29) is 17.3 Å². The van der Waals surface area contributed by atoms with E-state index in [2.05, 4.69) is 30.4 Å². The van der Waals surface area contributed by atoms with E-state index in [9.17, 15) is 4.79 Å². The number of hydrogen-bond acceptors (Lipinski definition) is 7. The third-order valence-corrected chi connectivity index (χ3v) is 5.29. The molecule has 3 N–H and O–H groups in total. The number of aromatic nitrogens is 4. The molecule has 134 valence electrons. The van der Waals surface area contributed by atoms with Crippen LogP contribution in [0.3, 0.4) is 0 Å². The number of amides is 1. The number of carbonyl (C=O) groups excluding carboxylic acids is 1. The number of morpholine rings is 1. The van der Waals surface area contributed by atoms with Gasteiger partial charge in [-0.3, -0.25) is 14.8 Å². The molecule has 0 unspecified atom stereocenters. The van der Waals surface area contributed by atoms with Crippen LogP contribution in [0.25, 0.3) is 10.3 Å². The van der Waals surface area contributed by atoms with Gasteiger partial charge in [-0.1, -0.05) is 0 Å². The van der Waals surface area contributed by atoms with Gasteiger partial charge in [0.05, 0.1) is 29.1 Å². The molecule has 4 rings (SSSR count). The second-order valence-electron chi connectivity index (χ2n) is 6.00. The molecular weight excluding hydrogens is 354 g/mol. The van der Waals surface area contributed by atoms with E-state index < -0.39 is 0 Å². The lowest BCUT2D eigenvalue weighted by Crippen LogP contribution is -2.36. The number of fused-ring (bicyclic) bond motifs is 1. The molecule has 9 nitrogen and oxygen atoms in total. The molecule has 1 fully saturated rings. The second kappa shape index (κ2) is 6.87. The van der Waals surface area contributed by atoms with Crippen LogP contribution in [0, 0.1) is 18.3 Å². The molecule has 0 aliphatic carbocycles. The molecule has 1 aliphatic rings. The molecule has 1 saturated heterocycles. The van der Waals surface area contributed by atoms with E-state index in [1.54, 1.807) is 11.3 Å². The molecule has 0 atom stereocenters. The summed E-state index contributed by atoms with van der Waals surface area (Å²) in [5.74, 6) is -0.0335. The van der Waals surface area contributed by atoms with E-state index in [1.807, 2.05) is 13.0 Å². The number of rotatable bonds is 4. The summed E-state index contributed by atoms with van der Waals surface area (Å²) < 4.78 is 6.39. The fourth-order valence-electron chi connectivity index (χ4n) is 2.99. The Morgan fingerprint density at radius 1 is 1.50 bits per heavy atom. The maximum atomic E-state index is 12.8. The van der Waals surface area contributed by atoms with Crippen LogP contribution in [0.2, 0.25) is 0 Å². The topological polar surface area (TPSA) is 123 Å². The van der Waals surface area contributed by atoms with Gasteiger partial charge in [0, 0.05) is 25.2 Å². The van der Waals surface area contributed by atoms with Crippen LogP contribution in [0.15, 0.2) is 6.20 Å². The minimum Gasteiger partial charge on any atom is -0.379 e. The van der Waals surface area contributed by atoms with Crippen LogP contribution in [0.4, 0.5) is 5.82 Å². The van der Waals surface area contributed by atoms with Gasteiger partial charge in [-0.2, -0.15) is 10.4 Å². The first-order valence-electron chi connectivity index (χ1n) is 8.18. The van der Waals surface area contributed by atoms with Crippen LogP contribution in [0.1, 0.15) is 26.6 Å². The molecule has 0 spiro atoms. The average molecular weight is 371 g/mol. The Morgan fingerprint density at radius 3 is 3.08 bits per heavy atom. The van der Waals surface area contributed by atoms with E-state index in [1.165, 1.54) is 6.20 Å². The maximum Gasteiger partial charge on any atom is 0.273 e. The number of H-pyrrole nitrogens is 2. The standard InChI is InChI=1S/C16H17N7O2S/c1-9-19-15-13(26-9)11(8-23-2-4-25-5-3-23)12(20-15)16(24)21-14-10(6-17)7-18-22-14/h7,20H,2-5,8H2,1H3,(H2,18,21,22,24). The van der Waals surface area contributed by atoms with Crippen molar-refractivity contribution in [2.24, 2.45) is 0 Å². The van der Waals surface area contributed by atoms with Crippen molar-refractivity contribution in [2.75, 3.05) is 31.6 Å². The summed E-state index contributed by atoms with van der Waals surface area (Å²) in [5.41, 5.74) is 2.38. The van der Waals surface area contributed by atoms with Crippen molar-refractivity contribution < 1.29 is 9.53 Å². The highest BCUT2D eigenvalue weighted by molar-refractivity contribution is 7.18. The van der Waals surface area contributed by atoms with Gasteiger partial charge in [0.15, 0.2) is 0 Å². The van der Waals surface area contributed by atoms with Crippen molar-refractivity contribution in [1.82, 2.24) is 25.1 Å². The number of nitriles is 1. The molecule has 0 saturated carbocycles. The molecule has 0 radical (unpaired) electrons.